The van der Waals surface area contributed by atoms with Gasteiger partial charge in [0.05, 0.1) is 6.42 Å². The van der Waals surface area contributed by atoms with Gasteiger partial charge in [-0.15, -0.1) is 0 Å². The lowest BCUT2D eigenvalue weighted by Gasteiger charge is -2.30. The van der Waals surface area contributed by atoms with E-state index in [1.54, 1.807) is 6.92 Å². The molecule has 35 heavy (non-hydrogen) atoms. The van der Waals surface area contributed by atoms with Gasteiger partial charge in [0.25, 0.3) is 0 Å². The second kappa shape index (κ2) is 9.10. The Balaban J connectivity index is 1.39. The van der Waals surface area contributed by atoms with E-state index in [1.165, 1.54) is 21.7 Å². The van der Waals surface area contributed by atoms with Crippen LogP contribution in [0, 0.1) is 0 Å². The Morgan fingerprint density at radius 3 is 2.20 bits per heavy atom. The smallest absolute Gasteiger partial charge is 0.333 e. The summed E-state index contributed by atoms with van der Waals surface area (Å²) in [6, 6.07) is 24.6. The maximum atomic E-state index is 12.2. The Hall–Kier alpha value is -3.79. The van der Waals surface area contributed by atoms with Crippen molar-refractivity contribution >= 4 is 27.5 Å². The summed E-state index contributed by atoms with van der Waals surface area (Å²) in [5.41, 5.74) is 1.78. The first-order valence-corrected chi connectivity index (χ1v) is 12.1. The molecule has 4 aromatic carbocycles. The molecule has 4 nitrogen and oxygen atoms in total. The number of rotatable bonds is 7. The SMILES string of the molecule is C=C(C)C(=O)OC(C)(CCC)c1ccc(OC2Cc3c(c4ccccc4c4ccccc34)O2)cc1. The standard InChI is InChI=1S/C31H30O4/c1-5-18-31(4,35-30(32)20(2)3)21-14-16-22(17-15-21)33-28-19-27-25-12-7-6-10-23(25)24-11-8-9-13-26(24)29(27)34-28/h6-17,28H,2,5,18-19H2,1,3-4H3. The predicted molar refractivity (Wildman–Crippen MR) is 140 cm³/mol. The molecule has 0 bridgehead atoms. The van der Waals surface area contributed by atoms with Crippen LogP contribution in [0.2, 0.25) is 0 Å². The van der Waals surface area contributed by atoms with E-state index in [-0.39, 0.29) is 5.97 Å². The van der Waals surface area contributed by atoms with Crippen LogP contribution in [-0.4, -0.2) is 12.3 Å². The Kier molecular flexibility index (Phi) is 5.98. The van der Waals surface area contributed by atoms with Crippen molar-refractivity contribution in [2.24, 2.45) is 0 Å². The molecule has 4 aromatic rings. The summed E-state index contributed by atoms with van der Waals surface area (Å²) >= 11 is 0. The van der Waals surface area contributed by atoms with Crippen LogP contribution >= 0.6 is 0 Å². The van der Waals surface area contributed by atoms with Crippen LogP contribution in [0.3, 0.4) is 0 Å². The van der Waals surface area contributed by atoms with Gasteiger partial charge >= 0.3 is 5.97 Å². The molecular weight excluding hydrogens is 436 g/mol. The van der Waals surface area contributed by atoms with Crippen molar-refractivity contribution in [3.8, 4) is 11.5 Å². The summed E-state index contributed by atoms with van der Waals surface area (Å²) in [7, 11) is 0. The molecule has 178 valence electrons. The van der Waals surface area contributed by atoms with Crippen LogP contribution in [-0.2, 0) is 21.6 Å². The highest BCUT2D eigenvalue weighted by Gasteiger charge is 2.32. The minimum absolute atomic E-state index is 0.377. The number of carbonyl (C=O) groups excluding carboxylic acids is 1. The van der Waals surface area contributed by atoms with Crippen molar-refractivity contribution in [1.29, 1.82) is 0 Å². The molecule has 2 unspecified atom stereocenters. The summed E-state index contributed by atoms with van der Waals surface area (Å²) in [6.45, 7) is 9.40. The molecule has 2 atom stereocenters. The summed E-state index contributed by atoms with van der Waals surface area (Å²) in [4.78, 5) is 12.2. The molecule has 0 aliphatic carbocycles. The van der Waals surface area contributed by atoms with Crippen LogP contribution in [0.5, 0.6) is 11.5 Å². The highest BCUT2D eigenvalue weighted by Crippen LogP contribution is 2.43. The van der Waals surface area contributed by atoms with Gasteiger partial charge in [0.2, 0.25) is 6.29 Å². The Labute approximate surface area is 206 Å². The molecule has 0 saturated heterocycles. The molecule has 1 heterocycles. The molecule has 0 saturated carbocycles. The van der Waals surface area contributed by atoms with Crippen LogP contribution in [0.4, 0.5) is 0 Å². The average Bonchev–Trinajstić information content (AvgIpc) is 3.29. The fourth-order valence-electron chi connectivity index (χ4n) is 4.99. The van der Waals surface area contributed by atoms with Crippen molar-refractivity contribution < 1.29 is 19.0 Å². The third-order valence-corrected chi connectivity index (χ3v) is 6.73. The summed E-state index contributed by atoms with van der Waals surface area (Å²) in [6.07, 6.45) is 1.86. The van der Waals surface area contributed by atoms with Gasteiger partial charge in [-0.2, -0.15) is 0 Å². The maximum absolute atomic E-state index is 12.2. The number of carbonyl (C=O) groups is 1. The summed E-state index contributed by atoms with van der Waals surface area (Å²) in [5, 5.41) is 4.73. The first-order valence-electron chi connectivity index (χ1n) is 12.1. The van der Waals surface area contributed by atoms with Crippen molar-refractivity contribution in [1.82, 2.24) is 0 Å². The highest BCUT2D eigenvalue weighted by molar-refractivity contribution is 6.12. The largest absolute Gasteiger partial charge is 0.455 e. The van der Waals surface area contributed by atoms with Gasteiger partial charge < -0.3 is 14.2 Å². The number of hydrogen-bond donors (Lipinski definition) is 0. The second-order valence-corrected chi connectivity index (χ2v) is 9.44. The number of fused-ring (bicyclic) bond motifs is 6. The third-order valence-electron chi connectivity index (χ3n) is 6.73. The van der Waals surface area contributed by atoms with E-state index >= 15 is 0 Å². The normalized spacial score (nSPS) is 16.4. The Morgan fingerprint density at radius 2 is 1.57 bits per heavy atom. The number of hydrogen-bond acceptors (Lipinski definition) is 4. The van der Waals surface area contributed by atoms with Gasteiger partial charge in [0.1, 0.15) is 17.1 Å². The van der Waals surface area contributed by atoms with E-state index in [4.69, 9.17) is 14.2 Å². The van der Waals surface area contributed by atoms with E-state index in [0.717, 1.165) is 23.1 Å². The molecule has 0 radical (unpaired) electrons. The highest BCUT2D eigenvalue weighted by atomic mass is 16.7. The molecule has 0 spiro atoms. The molecule has 0 N–H and O–H groups in total. The second-order valence-electron chi connectivity index (χ2n) is 9.44. The lowest BCUT2D eigenvalue weighted by Crippen LogP contribution is -2.29. The van der Waals surface area contributed by atoms with Crippen molar-refractivity contribution in [2.45, 2.75) is 51.9 Å². The molecule has 1 aliphatic heterocycles. The monoisotopic (exact) mass is 466 g/mol. The number of esters is 1. The lowest BCUT2D eigenvalue weighted by atomic mass is 9.91. The van der Waals surface area contributed by atoms with Gasteiger partial charge in [-0.1, -0.05) is 80.6 Å². The van der Waals surface area contributed by atoms with E-state index in [9.17, 15) is 4.79 Å². The maximum Gasteiger partial charge on any atom is 0.333 e. The van der Waals surface area contributed by atoms with Crippen LogP contribution in [0.1, 0.15) is 44.7 Å². The Bertz CT molecular complexity index is 1350. The van der Waals surface area contributed by atoms with Crippen LogP contribution in [0.25, 0.3) is 21.5 Å². The van der Waals surface area contributed by atoms with Gasteiger partial charge in [0, 0.05) is 16.5 Å². The van der Waals surface area contributed by atoms with E-state index in [2.05, 4.69) is 56.0 Å². The lowest BCUT2D eigenvalue weighted by molar-refractivity contribution is -0.155. The van der Waals surface area contributed by atoms with Gasteiger partial charge in [0.15, 0.2) is 0 Å². The molecule has 0 fully saturated rings. The van der Waals surface area contributed by atoms with Crippen LogP contribution < -0.4 is 9.47 Å². The van der Waals surface area contributed by atoms with E-state index in [1.807, 2.05) is 37.3 Å². The molecular formula is C31H30O4. The quantitative estimate of drug-likeness (QED) is 0.161. The number of ether oxygens (including phenoxy) is 3. The average molecular weight is 467 g/mol. The predicted octanol–water partition coefficient (Wildman–Crippen LogP) is 7.47. The van der Waals surface area contributed by atoms with Crippen molar-refractivity contribution in [3.05, 3.63) is 96.1 Å². The fourth-order valence-corrected chi connectivity index (χ4v) is 4.99. The molecule has 0 amide bonds. The van der Waals surface area contributed by atoms with E-state index in [0.29, 0.717) is 24.2 Å². The topological polar surface area (TPSA) is 44.8 Å². The van der Waals surface area contributed by atoms with Gasteiger partial charge in [-0.05, 0) is 54.1 Å². The zero-order valence-electron chi connectivity index (χ0n) is 20.5. The molecule has 0 aromatic heterocycles. The molecule has 4 heteroatoms. The fraction of sp³-hybridized carbons (Fsp3) is 0.258. The molecule has 5 rings (SSSR count). The summed E-state index contributed by atoms with van der Waals surface area (Å²) < 4.78 is 18.4. The zero-order valence-corrected chi connectivity index (χ0v) is 20.5. The third kappa shape index (κ3) is 4.25. The van der Waals surface area contributed by atoms with Crippen LogP contribution in [0.15, 0.2) is 84.9 Å². The van der Waals surface area contributed by atoms with E-state index < -0.39 is 11.9 Å². The van der Waals surface area contributed by atoms with Gasteiger partial charge in [-0.3, -0.25) is 0 Å². The van der Waals surface area contributed by atoms with Gasteiger partial charge in [-0.25, -0.2) is 4.79 Å². The first kappa shape index (κ1) is 23.0. The minimum atomic E-state index is -0.721. The molecule has 1 aliphatic rings. The minimum Gasteiger partial charge on any atom is -0.455 e. The Morgan fingerprint density at radius 1 is 0.971 bits per heavy atom. The zero-order chi connectivity index (χ0) is 24.6. The van der Waals surface area contributed by atoms with Crippen molar-refractivity contribution in [2.75, 3.05) is 0 Å². The number of benzene rings is 4. The summed E-state index contributed by atoms with van der Waals surface area (Å²) in [5.74, 6) is 1.24. The first-order chi connectivity index (χ1) is 16.9. The van der Waals surface area contributed by atoms with Crippen molar-refractivity contribution in [3.63, 3.8) is 0 Å².